The fourth-order valence-corrected chi connectivity index (χ4v) is 0.231. The third kappa shape index (κ3) is 2.14. The Morgan fingerprint density at radius 2 is 1.75 bits per heavy atom. The number of hydrogen-bond donors (Lipinski definition) is 0. The number of hydrogen-bond acceptors (Lipinski definition) is 0. The van der Waals surface area contributed by atoms with Gasteiger partial charge in [-0.25, -0.2) is 4.39 Å². The molecule has 0 aliphatic heterocycles. The first kappa shape index (κ1) is 7.72. The zero-order valence-corrected chi connectivity index (χ0v) is 4.30. The van der Waals surface area contributed by atoms with Crippen molar-refractivity contribution >= 4 is 0 Å². The van der Waals surface area contributed by atoms with Crippen molar-refractivity contribution in [2.45, 2.75) is 25.7 Å². The Morgan fingerprint density at radius 1 is 1.38 bits per heavy atom. The molecule has 0 aromatic carbocycles. The van der Waals surface area contributed by atoms with Crippen LogP contribution in [0.15, 0.2) is 0 Å². The standard InChI is InChI=1S/C4H6F4/c1-2-3(5)4(6,7)8/h3H,2H2,1H3/t3-/m1/s1. The zero-order chi connectivity index (χ0) is 6.78. The summed E-state index contributed by atoms with van der Waals surface area (Å²) in [5.41, 5.74) is 0. The summed E-state index contributed by atoms with van der Waals surface area (Å²) < 4.78 is 44.7. The lowest BCUT2D eigenvalue weighted by Gasteiger charge is -2.07. The molecule has 0 unspecified atom stereocenters. The van der Waals surface area contributed by atoms with Crippen molar-refractivity contribution in [3.05, 3.63) is 0 Å². The zero-order valence-electron chi connectivity index (χ0n) is 4.30. The van der Waals surface area contributed by atoms with E-state index in [0.29, 0.717) is 0 Å². The van der Waals surface area contributed by atoms with Gasteiger partial charge in [-0.15, -0.1) is 0 Å². The minimum Gasteiger partial charge on any atom is -0.238 e. The van der Waals surface area contributed by atoms with Crippen molar-refractivity contribution in [1.29, 1.82) is 0 Å². The minimum atomic E-state index is -4.66. The van der Waals surface area contributed by atoms with Crippen LogP contribution in [-0.2, 0) is 0 Å². The van der Waals surface area contributed by atoms with Gasteiger partial charge >= 0.3 is 6.18 Å². The van der Waals surface area contributed by atoms with E-state index in [4.69, 9.17) is 0 Å². The molecule has 0 spiro atoms. The fraction of sp³-hybridized carbons (Fsp3) is 1.00. The molecule has 0 radical (unpaired) electrons. The molecular formula is C4H6F4. The van der Waals surface area contributed by atoms with E-state index in [0.717, 1.165) is 6.92 Å². The van der Waals surface area contributed by atoms with Gasteiger partial charge in [-0.3, -0.25) is 0 Å². The highest BCUT2D eigenvalue weighted by Crippen LogP contribution is 2.24. The Kier molecular flexibility index (Phi) is 2.25. The van der Waals surface area contributed by atoms with Gasteiger partial charge in [-0.05, 0) is 6.42 Å². The van der Waals surface area contributed by atoms with Gasteiger partial charge < -0.3 is 0 Å². The van der Waals surface area contributed by atoms with E-state index in [1.807, 2.05) is 0 Å². The summed E-state index contributed by atoms with van der Waals surface area (Å²) in [6, 6.07) is 0. The van der Waals surface area contributed by atoms with Gasteiger partial charge in [0.1, 0.15) is 0 Å². The molecule has 0 bridgehead atoms. The predicted molar refractivity (Wildman–Crippen MR) is 21.2 cm³/mol. The summed E-state index contributed by atoms with van der Waals surface area (Å²) in [4.78, 5) is 0. The second-order valence-electron chi connectivity index (χ2n) is 1.42. The Hall–Kier alpha value is -0.280. The van der Waals surface area contributed by atoms with E-state index in [1.54, 1.807) is 0 Å². The predicted octanol–water partition coefficient (Wildman–Crippen LogP) is 2.30. The third-order valence-corrected chi connectivity index (χ3v) is 0.714. The van der Waals surface area contributed by atoms with Gasteiger partial charge in [0.05, 0.1) is 0 Å². The van der Waals surface area contributed by atoms with Crippen LogP contribution in [0.5, 0.6) is 0 Å². The summed E-state index contributed by atoms with van der Waals surface area (Å²) in [5.74, 6) is 0. The molecule has 0 rings (SSSR count). The van der Waals surface area contributed by atoms with Crippen LogP contribution in [0.1, 0.15) is 13.3 Å². The van der Waals surface area contributed by atoms with E-state index in [1.165, 1.54) is 0 Å². The maximum Gasteiger partial charge on any atom is 0.419 e. The molecule has 0 amide bonds. The van der Waals surface area contributed by atoms with Crippen LogP contribution < -0.4 is 0 Å². The quantitative estimate of drug-likeness (QED) is 0.478. The molecule has 0 aromatic heterocycles. The number of rotatable bonds is 1. The Balaban J connectivity index is 3.62. The van der Waals surface area contributed by atoms with E-state index in [9.17, 15) is 17.6 Å². The van der Waals surface area contributed by atoms with Gasteiger partial charge in [-0.2, -0.15) is 13.2 Å². The minimum absolute atomic E-state index is 0.497. The van der Waals surface area contributed by atoms with E-state index in [-0.39, 0.29) is 0 Å². The van der Waals surface area contributed by atoms with Crippen LogP contribution in [0.3, 0.4) is 0 Å². The lowest BCUT2D eigenvalue weighted by atomic mass is 10.3. The van der Waals surface area contributed by atoms with Crippen molar-refractivity contribution < 1.29 is 17.6 Å². The highest BCUT2D eigenvalue weighted by molar-refractivity contribution is 4.61. The average molecular weight is 130 g/mol. The monoisotopic (exact) mass is 130 g/mol. The molecule has 0 aliphatic carbocycles. The summed E-state index contributed by atoms with van der Waals surface area (Å²) in [6.45, 7) is 1.15. The first-order chi connectivity index (χ1) is 3.48. The van der Waals surface area contributed by atoms with Crippen molar-refractivity contribution in [2.24, 2.45) is 0 Å². The average Bonchev–Trinajstić information content (AvgIpc) is 1.62. The van der Waals surface area contributed by atoms with Crippen LogP contribution in [0.2, 0.25) is 0 Å². The normalized spacial score (nSPS) is 16.1. The van der Waals surface area contributed by atoms with Crippen LogP contribution >= 0.6 is 0 Å². The molecule has 0 fully saturated rings. The van der Waals surface area contributed by atoms with E-state index in [2.05, 4.69) is 0 Å². The largest absolute Gasteiger partial charge is 0.419 e. The topological polar surface area (TPSA) is 0 Å². The summed E-state index contributed by atoms with van der Waals surface area (Å²) >= 11 is 0. The summed E-state index contributed by atoms with van der Waals surface area (Å²) in [7, 11) is 0. The van der Waals surface area contributed by atoms with Crippen LogP contribution in [0.4, 0.5) is 17.6 Å². The van der Waals surface area contributed by atoms with Gasteiger partial charge in [0.2, 0.25) is 0 Å². The molecule has 50 valence electrons. The molecule has 0 nitrogen and oxygen atoms in total. The van der Waals surface area contributed by atoms with Crippen molar-refractivity contribution in [2.75, 3.05) is 0 Å². The highest BCUT2D eigenvalue weighted by atomic mass is 19.4. The molecule has 0 N–H and O–H groups in total. The Labute approximate surface area is 44.5 Å². The molecule has 0 saturated heterocycles. The maximum absolute atomic E-state index is 11.5. The van der Waals surface area contributed by atoms with Gasteiger partial charge in [0.25, 0.3) is 0 Å². The molecular weight excluding hydrogens is 124 g/mol. The third-order valence-electron chi connectivity index (χ3n) is 0.714. The highest BCUT2D eigenvalue weighted by Gasteiger charge is 2.38. The van der Waals surface area contributed by atoms with E-state index < -0.39 is 18.8 Å². The molecule has 4 heteroatoms. The number of alkyl halides is 4. The second kappa shape index (κ2) is 2.33. The fourth-order valence-electron chi connectivity index (χ4n) is 0.231. The molecule has 0 aromatic rings. The van der Waals surface area contributed by atoms with Gasteiger partial charge in [-0.1, -0.05) is 6.92 Å². The molecule has 0 heterocycles. The summed E-state index contributed by atoms with van der Waals surface area (Å²) in [5, 5.41) is 0. The molecule has 0 saturated carbocycles. The number of halogens is 4. The first-order valence-electron chi connectivity index (χ1n) is 2.19. The Bertz CT molecular complexity index is 64.9. The van der Waals surface area contributed by atoms with Crippen LogP contribution in [-0.4, -0.2) is 12.3 Å². The van der Waals surface area contributed by atoms with Crippen molar-refractivity contribution in [3.8, 4) is 0 Å². The maximum atomic E-state index is 11.5. The van der Waals surface area contributed by atoms with Gasteiger partial charge in [0.15, 0.2) is 6.17 Å². The van der Waals surface area contributed by atoms with E-state index >= 15 is 0 Å². The first-order valence-corrected chi connectivity index (χ1v) is 2.19. The Morgan fingerprint density at radius 3 is 1.75 bits per heavy atom. The van der Waals surface area contributed by atoms with Gasteiger partial charge in [0, 0.05) is 0 Å². The van der Waals surface area contributed by atoms with Crippen molar-refractivity contribution in [1.82, 2.24) is 0 Å². The molecule has 0 aliphatic rings. The lowest BCUT2D eigenvalue weighted by Crippen LogP contribution is -2.22. The summed E-state index contributed by atoms with van der Waals surface area (Å²) in [6.07, 6.45) is -7.80. The molecule has 1 atom stereocenters. The van der Waals surface area contributed by atoms with Crippen LogP contribution in [0.25, 0.3) is 0 Å². The SMILES string of the molecule is CC[C@@H](F)C(F)(F)F. The van der Waals surface area contributed by atoms with Crippen LogP contribution in [0, 0.1) is 0 Å². The van der Waals surface area contributed by atoms with Crippen molar-refractivity contribution in [3.63, 3.8) is 0 Å². The second-order valence-corrected chi connectivity index (χ2v) is 1.42. The molecule has 8 heavy (non-hydrogen) atoms. The lowest BCUT2D eigenvalue weighted by molar-refractivity contribution is -0.180. The smallest absolute Gasteiger partial charge is 0.238 e.